The summed E-state index contributed by atoms with van der Waals surface area (Å²) < 4.78 is 0. The van der Waals surface area contributed by atoms with Crippen LogP contribution in [0.5, 0.6) is 11.5 Å². The quantitative estimate of drug-likeness (QED) is 0.789. The highest BCUT2D eigenvalue weighted by molar-refractivity contribution is 5.37. The molecule has 0 amide bonds. The van der Waals surface area contributed by atoms with Crippen molar-refractivity contribution in [1.29, 1.82) is 0 Å². The topological polar surface area (TPSA) is 52.5 Å². The lowest BCUT2D eigenvalue weighted by Crippen LogP contribution is -2.13. The van der Waals surface area contributed by atoms with Crippen LogP contribution in [0.2, 0.25) is 0 Å². The van der Waals surface area contributed by atoms with E-state index in [9.17, 15) is 10.2 Å². The molecule has 3 N–H and O–H groups in total. The molecule has 0 atom stereocenters. The van der Waals surface area contributed by atoms with E-state index in [1.54, 1.807) is 12.1 Å². The summed E-state index contributed by atoms with van der Waals surface area (Å²) in [7, 11) is 0. The minimum atomic E-state index is 0.298. The molecule has 100 valence electrons. The summed E-state index contributed by atoms with van der Waals surface area (Å²) >= 11 is 0. The number of aromatic hydroxyl groups is 2. The molecule has 0 aliphatic rings. The highest BCUT2D eigenvalue weighted by Gasteiger charge is 2.03. The average molecular weight is 257 g/mol. The second-order valence-electron chi connectivity index (χ2n) is 4.87. The van der Waals surface area contributed by atoms with Crippen molar-refractivity contribution in [3.8, 4) is 11.5 Å². The highest BCUT2D eigenvalue weighted by Crippen LogP contribution is 2.20. The maximum Gasteiger partial charge on any atom is 0.120 e. The van der Waals surface area contributed by atoms with E-state index in [0.29, 0.717) is 24.6 Å². The van der Waals surface area contributed by atoms with Crippen LogP contribution in [-0.4, -0.2) is 10.2 Å². The summed E-state index contributed by atoms with van der Waals surface area (Å²) in [6.45, 7) is 5.13. The summed E-state index contributed by atoms with van der Waals surface area (Å²) in [5.41, 5.74) is 3.97. The molecule has 19 heavy (non-hydrogen) atoms. The van der Waals surface area contributed by atoms with E-state index in [1.165, 1.54) is 0 Å². The standard InChI is InChI=1S/C16H19NO2/c1-11-3-5-15(18)13(7-11)9-17-10-14-8-12(2)4-6-16(14)19/h3-8,17-19H,9-10H2,1-2H3. The van der Waals surface area contributed by atoms with Gasteiger partial charge >= 0.3 is 0 Å². The Morgan fingerprint density at radius 1 is 0.789 bits per heavy atom. The Balaban J connectivity index is 2.00. The zero-order chi connectivity index (χ0) is 13.8. The Hall–Kier alpha value is -2.00. The first kappa shape index (κ1) is 13.4. The molecule has 0 radical (unpaired) electrons. The van der Waals surface area contributed by atoms with Crippen LogP contribution in [0.25, 0.3) is 0 Å². The monoisotopic (exact) mass is 257 g/mol. The smallest absolute Gasteiger partial charge is 0.120 e. The molecule has 0 unspecified atom stereocenters. The Bertz CT molecular complexity index is 527. The molecule has 0 bridgehead atoms. The van der Waals surface area contributed by atoms with Crippen molar-refractivity contribution in [1.82, 2.24) is 5.32 Å². The van der Waals surface area contributed by atoms with Crippen molar-refractivity contribution in [3.63, 3.8) is 0 Å². The molecule has 0 spiro atoms. The highest BCUT2D eigenvalue weighted by atomic mass is 16.3. The van der Waals surface area contributed by atoms with Gasteiger partial charge in [0.05, 0.1) is 0 Å². The summed E-state index contributed by atoms with van der Waals surface area (Å²) in [5, 5.41) is 22.7. The molecule has 2 aromatic rings. The van der Waals surface area contributed by atoms with Gasteiger partial charge < -0.3 is 15.5 Å². The Morgan fingerprint density at radius 2 is 1.21 bits per heavy atom. The zero-order valence-electron chi connectivity index (χ0n) is 11.3. The number of rotatable bonds is 4. The van der Waals surface area contributed by atoms with Crippen molar-refractivity contribution < 1.29 is 10.2 Å². The van der Waals surface area contributed by atoms with Crippen LogP contribution in [0.3, 0.4) is 0 Å². The molecule has 3 nitrogen and oxygen atoms in total. The van der Waals surface area contributed by atoms with E-state index < -0.39 is 0 Å². The molecule has 3 heteroatoms. The molecule has 0 saturated carbocycles. The molecule has 0 aromatic heterocycles. The van der Waals surface area contributed by atoms with Crippen LogP contribution in [0.1, 0.15) is 22.3 Å². The first-order valence-corrected chi connectivity index (χ1v) is 6.34. The van der Waals surface area contributed by atoms with Gasteiger partial charge in [0, 0.05) is 24.2 Å². The lowest BCUT2D eigenvalue weighted by Gasteiger charge is -2.09. The van der Waals surface area contributed by atoms with Gasteiger partial charge in [-0.05, 0) is 26.0 Å². The number of benzene rings is 2. The van der Waals surface area contributed by atoms with Crippen molar-refractivity contribution in [2.45, 2.75) is 26.9 Å². The second-order valence-corrected chi connectivity index (χ2v) is 4.87. The maximum absolute atomic E-state index is 9.74. The lowest BCUT2D eigenvalue weighted by molar-refractivity contribution is 0.458. The number of hydrogen-bond acceptors (Lipinski definition) is 3. The summed E-state index contributed by atoms with van der Waals surface area (Å²) in [5.74, 6) is 0.595. The summed E-state index contributed by atoms with van der Waals surface area (Å²) in [6, 6.07) is 11.1. The van der Waals surface area contributed by atoms with Crippen LogP contribution >= 0.6 is 0 Å². The Labute approximate surface area is 113 Å². The molecule has 0 heterocycles. The molecule has 0 saturated heterocycles. The molecule has 2 rings (SSSR count). The molecular weight excluding hydrogens is 238 g/mol. The first-order chi connectivity index (χ1) is 9.06. The van der Waals surface area contributed by atoms with Crippen LogP contribution < -0.4 is 5.32 Å². The van der Waals surface area contributed by atoms with Crippen LogP contribution in [0.4, 0.5) is 0 Å². The normalized spacial score (nSPS) is 10.6. The molecule has 0 aliphatic carbocycles. The first-order valence-electron chi connectivity index (χ1n) is 6.34. The number of aryl methyl sites for hydroxylation is 2. The molecule has 0 aliphatic heterocycles. The maximum atomic E-state index is 9.74. The zero-order valence-corrected chi connectivity index (χ0v) is 11.3. The van der Waals surface area contributed by atoms with Gasteiger partial charge in [-0.3, -0.25) is 0 Å². The van der Waals surface area contributed by atoms with Gasteiger partial charge in [-0.25, -0.2) is 0 Å². The van der Waals surface area contributed by atoms with Gasteiger partial charge in [-0.15, -0.1) is 0 Å². The van der Waals surface area contributed by atoms with Gasteiger partial charge in [0.25, 0.3) is 0 Å². The van der Waals surface area contributed by atoms with E-state index in [2.05, 4.69) is 5.32 Å². The van der Waals surface area contributed by atoms with Gasteiger partial charge in [-0.1, -0.05) is 35.4 Å². The fourth-order valence-corrected chi connectivity index (χ4v) is 2.04. The Kier molecular flexibility index (Phi) is 4.07. The van der Waals surface area contributed by atoms with E-state index in [4.69, 9.17) is 0 Å². The Morgan fingerprint density at radius 3 is 1.63 bits per heavy atom. The fraction of sp³-hybridized carbons (Fsp3) is 0.250. The molecular formula is C16H19NO2. The minimum Gasteiger partial charge on any atom is -0.508 e. The lowest BCUT2D eigenvalue weighted by atomic mass is 10.1. The number of phenolic OH excluding ortho intramolecular Hbond substituents is 2. The number of hydrogen-bond donors (Lipinski definition) is 3. The SMILES string of the molecule is Cc1ccc(O)c(CNCc2cc(C)ccc2O)c1. The number of nitrogens with one attached hydrogen (secondary N) is 1. The van der Waals surface area contributed by atoms with Crippen molar-refractivity contribution in [2.24, 2.45) is 0 Å². The van der Waals surface area contributed by atoms with Crippen molar-refractivity contribution in [3.05, 3.63) is 58.7 Å². The molecule has 2 aromatic carbocycles. The van der Waals surface area contributed by atoms with E-state index in [0.717, 1.165) is 22.3 Å². The van der Waals surface area contributed by atoms with Gasteiger partial charge in [-0.2, -0.15) is 0 Å². The van der Waals surface area contributed by atoms with E-state index in [-0.39, 0.29) is 0 Å². The van der Waals surface area contributed by atoms with Gasteiger partial charge in [0.1, 0.15) is 11.5 Å². The van der Waals surface area contributed by atoms with Crippen molar-refractivity contribution >= 4 is 0 Å². The van der Waals surface area contributed by atoms with Crippen molar-refractivity contribution in [2.75, 3.05) is 0 Å². The minimum absolute atomic E-state index is 0.298. The van der Waals surface area contributed by atoms with E-state index >= 15 is 0 Å². The summed E-state index contributed by atoms with van der Waals surface area (Å²) in [4.78, 5) is 0. The van der Waals surface area contributed by atoms with Gasteiger partial charge in [0.2, 0.25) is 0 Å². The largest absolute Gasteiger partial charge is 0.508 e. The predicted molar refractivity (Wildman–Crippen MR) is 76.2 cm³/mol. The second kappa shape index (κ2) is 5.76. The fourth-order valence-electron chi connectivity index (χ4n) is 2.04. The van der Waals surface area contributed by atoms with Crippen LogP contribution in [0, 0.1) is 13.8 Å². The third-order valence-corrected chi connectivity index (χ3v) is 3.10. The predicted octanol–water partition coefficient (Wildman–Crippen LogP) is 3.00. The third-order valence-electron chi connectivity index (χ3n) is 3.10. The van der Waals surface area contributed by atoms with Crippen LogP contribution in [-0.2, 0) is 13.1 Å². The molecule has 0 fully saturated rings. The van der Waals surface area contributed by atoms with Gasteiger partial charge in [0.15, 0.2) is 0 Å². The summed E-state index contributed by atoms with van der Waals surface area (Å²) in [6.07, 6.45) is 0. The third kappa shape index (κ3) is 3.48. The van der Waals surface area contributed by atoms with Crippen LogP contribution in [0.15, 0.2) is 36.4 Å². The average Bonchev–Trinajstić information content (AvgIpc) is 2.38. The van der Waals surface area contributed by atoms with E-state index in [1.807, 2.05) is 38.1 Å². The number of phenols is 2.